The van der Waals surface area contributed by atoms with Gasteiger partial charge in [-0.25, -0.2) is 4.39 Å². The second-order valence-electron chi connectivity index (χ2n) is 5.16. The summed E-state index contributed by atoms with van der Waals surface area (Å²) in [6.07, 6.45) is -0.120. The molecule has 0 heterocycles. The zero-order chi connectivity index (χ0) is 14.3. The topological polar surface area (TPSA) is 30.5 Å². The Kier molecular flexibility index (Phi) is 6.81. The lowest BCUT2D eigenvalue weighted by Crippen LogP contribution is -2.36. The lowest BCUT2D eigenvalue weighted by molar-refractivity contribution is 0.0800. The molecule has 0 aliphatic carbocycles. The zero-order valence-electron chi connectivity index (χ0n) is 12.2. The van der Waals surface area contributed by atoms with Crippen LogP contribution in [0.1, 0.15) is 19.4 Å². The molecule has 0 amide bonds. The zero-order valence-corrected chi connectivity index (χ0v) is 12.2. The van der Waals surface area contributed by atoms with Crippen molar-refractivity contribution in [1.82, 2.24) is 5.32 Å². The van der Waals surface area contributed by atoms with Crippen LogP contribution in [-0.4, -0.2) is 32.9 Å². The highest BCUT2D eigenvalue weighted by molar-refractivity contribution is 5.28. The number of rotatable bonds is 8. The number of benzene rings is 1. The van der Waals surface area contributed by atoms with Crippen LogP contribution in [0, 0.1) is 18.7 Å². The number of ether oxygens (including phenoxy) is 2. The van der Waals surface area contributed by atoms with Gasteiger partial charge in [-0.1, -0.05) is 19.9 Å². The van der Waals surface area contributed by atoms with E-state index in [1.54, 1.807) is 26.2 Å². The van der Waals surface area contributed by atoms with Gasteiger partial charge in [0, 0.05) is 19.7 Å². The maximum Gasteiger partial charge on any atom is 0.134 e. The molecule has 1 aromatic carbocycles. The van der Waals surface area contributed by atoms with E-state index in [-0.39, 0.29) is 11.9 Å². The molecule has 108 valence electrons. The van der Waals surface area contributed by atoms with E-state index in [4.69, 9.17) is 9.47 Å². The molecule has 4 heteroatoms. The molecule has 1 unspecified atom stereocenters. The standard InChI is InChI=1S/C15H24FNO2/c1-11(2)8-17-9-14(10-18-4)19-13-6-5-12(3)15(16)7-13/h5-7,11,14,17H,8-10H2,1-4H3. The van der Waals surface area contributed by atoms with Gasteiger partial charge in [0.15, 0.2) is 0 Å². The molecular formula is C15H24FNO2. The van der Waals surface area contributed by atoms with Crippen molar-refractivity contribution in [3.8, 4) is 5.75 Å². The molecule has 1 aromatic rings. The first-order valence-electron chi connectivity index (χ1n) is 6.65. The van der Waals surface area contributed by atoms with Gasteiger partial charge >= 0.3 is 0 Å². The number of hydrogen-bond donors (Lipinski definition) is 1. The summed E-state index contributed by atoms with van der Waals surface area (Å²) in [5, 5.41) is 3.32. The van der Waals surface area contributed by atoms with E-state index in [1.807, 2.05) is 0 Å². The van der Waals surface area contributed by atoms with Gasteiger partial charge in [0.2, 0.25) is 0 Å². The Hall–Kier alpha value is -1.13. The van der Waals surface area contributed by atoms with Crippen molar-refractivity contribution in [3.63, 3.8) is 0 Å². The Labute approximate surface area is 115 Å². The Balaban J connectivity index is 2.54. The maximum absolute atomic E-state index is 13.4. The number of hydrogen-bond acceptors (Lipinski definition) is 3. The first-order valence-corrected chi connectivity index (χ1v) is 6.65. The van der Waals surface area contributed by atoms with Crippen molar-refractivity contribution in [2.24, 2.45) is 5.92 Å². The van der Waals surface area contributed by atoms with Gasteiger partial charge in [-0.15, -0.1) is 0 Å². The summed E-state index contributed by atoms with van der Waals surface area (Å²) in [5.74, 6) is 0.875. The third-order valence-corrected chi connectivity index (χ3v) is 2.72. The van der Waals surface area contributed by atoms with E-state index in [0.717, 1.165) is 6.54 Å². The number of nitrogens with one attached hydrogen (secondary N) is 1. The number of aryl methyl sites for hydroxylation is 1. The first kappa shape index (κ1) is 15.9. The van der Waals surface area contributed by atoms with Gasteiger partial charge in [0.25, 0.3) is 0 Å². The highest BCUT2D eigenvalue weighted by atomic mass is 19.1. The van der Waals surface area contributed by atoms with Crippen LogP contribution in [0.25, 0.3) is 0 Å². The lowest BCUT2D eigenvalue weighted by Gasteiger charge is -2.20. The molecule has 0 saturated heterocycles. The quantitative estimate of drug-likeness (QED) is 0.787. The summed E-state index contributed by atoms with van der Waals surface area (Å²) in [5.41, 5.74) is 0.619. The molecule has 3 nitrogen and oxygen atoms in total. The Morgan fingerprint density at radius 1 is 1.26 bits per heavy atom. The molecule has 0 bridgehead atoms. The molecule has 0 saturated carbocycles. The van der Waals surface area contributed by atoms with Gasteiger partial charge in [0.05, 0.1) is 6.61 Å². The van der Waals surface area contributed by atoms with Crippen molar-refractivity contribution in [3.05, 3.63) is 29.6 Å². The summed E-state index contributed by atoms with van der Waals surface area (Å²) < 4.78 is 24.3. The van der Waals surface area contributed by atoms with Gasteiger partial charge in [-0.3, -0.25) is 0 Å². The first-order chi connectivity index (χ1) is 9.02. The fourth-order valence-electron chi connectivity index (χ4n) is 1.69. The summed E-state index contributed by atoms with van der Waals surface area (Å²) >= 11 is 0. The molecule has 0 aromatic heterocycles. The average molecular weight is 269 g/mol. The molecule has 0 aliphatic rings. The van der Waals surface area contributed by atoms with Gasteiger partial charge in [-0.05, 0) is 31.0 Å². The van der Waals surface area contributed by atoms with Crippen LogP contribution in [0.3, 0.4) is 0 Å². The SMILES string of the molecule is COCC(CNCC(C)C)Oc1ccc(C)c(F)c1. The second-order valence-corrected chi connectivity index (χ2v) is 5.16. The molecule has 0 radical (unpaired) electrons. The molecule has 0 fully saturated rings. The van der Waals surface area contributed by atoms with Crippen LogP contribution in [0.2, 0.25) is 0 Å². The van der Waals surface area contributed by atoms with Crippen LogP contribution in [-0.2, 0) is 4.74 Å². The van der Waals surface area contributed by atoms with Crippen molar-refractivity contribution >= 4 is 0 Å². The lowest BCUT2D eigenvalue weighted by atomic mass is 10.2. The molecule has 1 atom stereocenters. The minimum Gasteiger partial charge on any atom is -0.487 e. The van der Waals surface area contributed by atoms with E-state index in [2.05, 4.69) is 19.2 Å². The fourth-order valence-corrected chi connectivity index (χ4v) is 1.69. The highest BCUT2D eigenvalue weighted by Crippen LogP contribution is 2.17. The minimum absolute atomic E-state index is 0.120. The van der Waals surface area contributed by atoms with Crippen molar-refractivity contribution in [2.45, 2.75) is 26.9 Å². The third-order valence-electron chi connectivity index (χ3n) is 2.72. The van der Waals surface area contributed by atoms with E-state index in [1.165, 1.54) is 6.07 Å². The van der Waals surface area contributed by atoms with Crippen LogP contribution >= 0.6 is 0 Å². The smallest absolute Gasteiger partial charge is 0.134 e. The minimum atomic E-state index is -0.246. The van der Waals surface area contributed by atoms with E-state index in [0.29, 0.717) is 30.4 Å². The van der Waals surface area contributed by atoms with E-state index >= 15 is 0 Å². The average Bonchev–Trinajstić information content (AvgIpc) is 2.33. The summed E-state index contributed by atoms with van der Waals surface area (Å²) in [6.45, 7) is 8.10. The number of halogens is 1. The van der Waals surface area contributed by atoms with Gasteiger partial charge in [0.1, 0.15) is 17.7 Å². The van der Waals surface area contributed by atoms with Crippen molar-refractivity contribution in [2.75, 3.05) is 26.8 Å². The summed E-state index contributed by atoms with van der Waals surface area (Å²) in [7, 11) is 1.63. The Bertz CT molecular complexity index is 382. The second kappa shape index (κ2) is 8.12. The molecule has 1 N–H and O–H groups in total. The maximum atomic E-state index is 13.4. The van der Waals surface area contributed by atoms with Crippen LogP contribution in [0.4, 0.5) is 4.39 Å². The van der Waals surface area contributed by atoms with Gasteiger partial charge in [-0.2, -0.15) is 0 Å². The van der Waals surface area contributed by atoms with Crippen LogP contribution < -0.4 is 10.1 Å². The predicted molar refractivity (Wildman–Crippen MR) is 75.1 cm³/mol. The summed E-state index contributed by atoms with van der Waals surface area (Å²) in [6, 6.07) is 4.92. The molecule has 0 spiro atoms. The molecule has 0 aliphatic heterocycles. The van der Waals surface area contributed by atoms with Crippen molar-refractivity contribution < 1.29 is 13.9 Å². The predicted octanol–water partition coefficient (Wildman–Crippen LogP) is 2.77. The third kappa shape index (κ3) is 6.03. The monoisotopic (exact) mass is 269 g/mol. The molecular weight excluding hydrogens is 245 g/mol. The summed E-state index contributed by atoms with van der Waals surface area (Å²) in [4.78, 5) is 0. The van der Waals surface area contributed by atoms with E-state index < -0.39 is 0 Å². The highest BCUT2D eigenvalue weighted by Gasteiger charge is 2.11. The van der Waals surface area contributed by atoms with Crippen molar-refractivity contribution in [1.29, 1.82) is 0 Å². The molecule has 1 rings (SSSR count). The van der Waals surface area contributed by atoms with Crippen LogP contribution in [0.15, 0.2) is 18.2 Å². The van der Waals surface area contributed by atoms with E-state index in [9.17, 15) is 4.39 Å². The largest absolute Gasteiger partial charge is 0.487 e. The molecule has 19 heavy (non-hydrogen) atoms. The van der Waals surface area contributed by atoms with Crippen LogP contribution in [0.5, 0.6) is 5.75 Å². The Morgan fingerprint density at radius 3 is 2.58 bits per heavy atom. The van der Waals surface area contributed by atoms with Gasteiger partial charge < -0.3 is 14.8 Å². The number of methoxy groups -OCH3 is 1. The normalized spacial score (nSPS) is 12.7. The Morgan fingerprint density at radius 2 is 2.00 bits per heavy atom. The fraction of sp³-hybridized carbons (Fsp3) is 0.600.